The second-order valence-electron chi connectivity index (χ2n) is 5.14. The average Bonchev–Trinajstić information content (AvgIpc) is 2.59. The van der Waals surface area contributed by atoms with E-state index in [1.807, 2.05) is 0 Å². The summed E-state index contributed by atoms with van der Waals surface area (Å²) in [6, 6.07) is 32.0. The number of benzene rings is 3. The maximum absolute atomic E-state index is 6.72. The van der Waals surface area contributed by atoms with Crippen molar-refractivity contribution in [2.75, 3.05) is 0 Å². The molecule has 3 aromatic carbocycles. The van der Waals surface area contributed by atoms with Crippen molar-refractivity contribution in [1.29, 1.82) is 0 Å². The van der Waals surface area contributed by atoms with E-state index in [1.165, 1.54) is 16.7 Å². The molecule has 0 aliphatic heterocycles. The predicted octanol–water partition coefficient (Wildman–Crippen LogP) is 4.30. The first-order valence-corrected chi connectivity index (χ1v) is 12.5. The van der Waals surface area contributed by atoms with Gasteiger partial charge in [0.25, 0.3) is 0 Å². The van der Waals surface area contributed by atoms with E-state index in [2.05, 4.69) is 91.0 Å². The van der Waals surface area contributed by atoms with Gasteiger partial charge in [-0.3, -0.25) is 0 Å². The molecule has 0 saturated heterocycles. The van der Waals surface area contributed by atoms with Gasteiger partial charge >= 0.3 is 136 Å². The van der Waals surface area contributed by atoms with Crippen LogP contribution in [-0.4, -0.2) is 14.5 Å². The van der Waals surface area contributed by atoms with Crippen LogP contribution in [0, 0.1) is 0 Å². The molecule has 0 aromatic heterocycles. The van der Waals surface area contributed by atoms with Crippen molar-refractivity contribution in [2.24, 2.45) is 0 Å². The number of hydrogen-bond donors (Lipinski definition) is 0. The summed E-state index contributed by atoms with van der Waals surface area (Å²) in [5.74, 6) is 0. The second kappa shape index (κ2) is 6.51. The zero-order chi connectivity index (χ0) is 14.5. The minimum absolute atomic E-state index is 0.127. The zero-order valence-electron chi connectivity index (χ0n) is 11.7. The van der Waals surface area contributed by atoms with Gasteiger partial charge in [-0.1, -0.05) is 0 Å². The van der Waals surface area contributed by atoms with Crippen molar-refractivity contribution in [1.82, 2.24) is 0 Å². The van der Waals surface area contributed by atoms with Gasteiger partial charge in [-0.2, -0.15) is 0 Å². The van der Waals surface area contributed by atoms with Crippen LogP contribution < -0.4 is 0 Å². The maximum atomic E-state index is 6.72. The fraction of sp³-hybridized carbons (Fsp3) is 0.0526. The standard InChI is InChI=1S/C19H17ClGe/c20-21-19(16-10-4-1-5-11-16,17-12-6-2-7-13-17)18-14-8-3-9-15-18/h1-15H,21H2. The Morgan fingerprint density at radius 1 is 0.524 bits per heavy atom. The van der Waals surface area contributed by atoms with E-state index in [9.17, 15) is 0 Å². The Hall–Kier alpha value is -1.51. The predicted molar refractivity (Wildman–Crippen MR) is 93.6 cm³/mol. The van der Waals surface area contributed by atoms with Gasteiger partial charge in [0.05, 0.1) is 0 Å². The first kappa shape index (κ1) is 14.4. The summed E-state index contributed by atoms with van der Waals surface area (Å²) in [7, 11) is 6.72. The van der Waals surface area contributed by atoms with Crippen LogP contribution in [-0.2, 0) is 4.25 Å². The zero-order valence-corrected chi connectivity index (χ0v) is 15.5. The topological polar surface area (TPSA) is 0 Å². The number of rotatable bonds is 4. The summed E-state index contributed by atoms with van der Waals surface area (Å²) >= 11 is -1.39. The van der Waals surface area contributed by atoms with E-state index < -0.39 is 14.5 Å². The molecule has 104 valence electrons. The Balaban J connectivity index is 2.29. The normalized spacial score (nSPS) is 11.9. The summed E-state index contributed by atoms with van der Waals surface area (Å²) in [5.41, 5.74) is 3.91. The summed E-state index contributed by atoms with van der Waals surface area (Å²) in [6.07, 6.45) is 0. The van der Waals surface area contributed by atoms with Crippen LogP contribution in [0.4, 0.5) is 0 Å². The molecule has 3 rings (SSSR count). The molecule has 0 fully saturated rings. The average molecular weight is 353 g/mol. The quantitative estimate of drug-likeness (QED) is 0.485. The molecular formula is C19H17ClGe. The Morgan fingerprint density at radius 3 is 1.05 bits per heavy atom. The molecule has 0 spiro atoms. The third-order valence-electron chi connectivity index (χ3n) is 4.00. The van der Waals surface area contributed by atoms with Crippen LogP contribution in [0.25, 0.3) is 0 Å². The van der Waals surface area contributed by atoms with Crippen molar-refractivity contribution in [3.63, 3.8) is 0 Å². The molecule has 0 heterocycles. The van der Waals surface area contributed by atoms with Gasteiger partial charge in [-0.15, -0.1) is 0 Å². The number of halogens is 1. The monoisotopic (exact) mass is 354 g/mol. The van der Waals surface area contributed by atoms with E-state index in [-0.39, 0.29) is 4.25 Å². The fourth-order valence-corrected chi connectivity index (χ4v) is 7.76. The van der Waals surface area contributed by atoms with Gasteiger partial charge in [0.15, 0.2) is 0 Å². The molecule has 0 unspecified atom stereocenters. The molecule has 0 nitrogen and oxygen atoms in total. The van der Waals surface area contributed by atoms with Crippen LogP contribution >= 0.6 is 10.0 Å². The van der Waals surface area contributed by atoms with Crippen LogP contribution in [0.5, 0.6) is 0 Å². The van der Waals surface area contributed by atoms with Crippen molar-refractivity contribution in [3.05, 3.63) is 108 Å². The third kappa shape index (κ3) is 2.66. The van der Waals surface area contributed by atoms with Crippen LogP contribution in [0.2, 0.25) is 0 Å². The van der Waals surface area contributed by atoms with Crippen molar-refractivity contribution in [3.8, 4) is 0 Å². The van der Waals surface area contributed by atoms with Crippen molar-refractivity contribution < 1.29 is 0 Å². The molecule has 0 amide bonds. The molecule has 0 radical (unpaired) electrons. The number of hydrogen-bond acceptors (Lipinski definition) is 0. The minimum atomic E-state index is -1.39. The summed E-state index contributed by atoms with van der Waals surface area (Å²) in [5, 5.41) is 0. The third-order valence-corrected chi connectivity index (χ3v) is 9.49. The van der Waals surface area contributed by atoms with Gasteiger partial charge < -0.3 is 0 Å². The van der Waals surface area contributed by atoms with Crippen molar-refractivity contribution in [2.45, 2.75) is 4.25 Å². The SMILES string of the molecule is [Cl][GeH2][C](c1ccccc1)(c1ccccc1)c1ccccc1. The fourth-order valence-electron chi connectivity index (χ4n) is 2.90. The summed E-state index contributed by atoms with van der Waals surface area (Å²) in [6.45, 7) is 0. The van der Waals surface area contributed by atoms with Crippen LogP contribution in [0.3, 0.4) is 0 Å². The van der Waals surface area contributed by atoms with Crippen LogP contribution in [0.15, 0.2) is 91.0 Å². The van der Waals surface area contributed by atoms with E-state index in [1.54, 1.807) is 0 Å². The molecule has 3 aromatic rings. The van der Waals surface area contributed by atoms with Crippen LogP contribution in [0.1, 0.15) is 16.7 Å². The Morgan fingerprint density at radius 2 is 0.810 bits per heavy atom. The molecule has 0 aliphatic carbocycles. The molecule has 0 atom stereocenters. The second-order valence-corrected chi connectivity index (χ2v) is 9.31. The molecule has 0 aliphatic rings. The molecule has 0 bridgehead atoms. The van der Waals surface area contributed by atoms with E-state index in [0.29, 0.717) is 0 Å². The van der Waals surface area contributed by atoms with E-state index in [4.69, 9.17) is 10.0 Å². The Labute approximate surface area is 136 Å². The van der Waals surface area contributed by atoms with E-state index >= 15 is 0 Å². The van der Waals surface area contributed by atoms with Gasteiger partial charge in [-0.05, 0) is 0 Å². The molecule has 21 heavy (non-hydrogen) atoms. The van der Waals surface area contributed by atoms with Gasteiger partial charge in [-0.25, -0.2) is 0 Å². The van der Waals surface area contributed by atoms with Crippen molar-refractivity contribution >= 4 is 24.5 Å². The Kier molecular flexibility index (Phi) is 4.47. The van der Waals surface area contributed by atoms with E-state index in [0.717, 1.165) is 0 Å². The molecular weight excluding hydrogens is 336 g/mol. The first-order valence-electron chi connectivity index (χ1n) is 7.10. The first-order chi connectivity index (χ1) is 10.4. The summed E-state index contributed by atoms with van der Waals surface area (Å²) < 4.78 is -0.127. The Bertz CT molecular complexity index is 584. The molecule has 0 saturated carbocycles. The van der Waals surface area contributed by atoms with Gasteiger partial charge in [0, 0.05) is 0 Å². The van der Waals surface area contributed by atoms with Gasteiger partial charge in [0.2, 0.25) is 0 Å². The van der Waals surface area contributed by atoms with Gasteiger partial charge in [0.1, 0.15) is 0 Å². The summed E-state index contributed by atoms with van der Waals surface area (Å²) in [4.78, 5) is 0. The molecule has 0 N–H and O–H groups in total. The molecule has 2 heteroatoms.